The summed E-state index contributed by atoms with van der Waals surface area (Å²) >= 11 is 0. The molecule has 1 heterocycles. The highest BCUT2D eigenvalue weighted by Crippen LogP contribution is 2.23. The maximum absolute atomic E-state index is 13.4. The van der Waals surface area contributed by atoms with E-state index in [1.54, 1.807) is 24.1 Å². The number of rotatable bonds is 5. The standard InChI is InChI=1S/C19H19FN2O2.C2H6/c1-13-3-6-15(20)11-17(13)19(23)12-22-10-9-18(21-22)14-4-7-16(24-2)8-5-14;1-2/h3-11,19,23H,12H2,1-2H3;1-2H3. The van der Waals surface area contributed by atoms with Crippen molar-refractivity contribution in [3.63, 3.8) is 0 Å². The van der Waals surface area contributed by atoms with Gasteiger partial charge < -0.3 is 9.84 Å². The second-order valence-electron chi connectivity index (χ2n) is 5.67. The molecule has 4 nitrogen and oxygen atoms in total. The Bertz CT molecular complexity index is 828. The molecule has 1 unspecified atom stereocenters. The van der Waals surface area contributed by atoms with Gasteiger partial charge in [0.1, 0.15) is 11.6 Å². The average Bonchev–Trinajstić information content (AvgIpc) is 3.13. The van der Waals surface area contributed by atoms with Gasteiger partial charge in [-0.15, -0.1) is 0 Å². The first-order valence-corrected chi connectivity index (χ1v) is 8.69. The van der Waals surface area contributed by atoms with Crippen molar-refractivity contribution in [2.24, 2.45) is 0 Å². The molecule has 0 amide bonds. The summed E-state index contributed by atoms with van der Waals surface area (Å²) in [5, 5.41) is 14.9. The van der Waals surface area contributed by atoms with Crippen LogP contribution in [0.5, 0.6) is 5.75 Å². The van der Waals surface area contributed by atoms with Crippen LogP contribution in [-0.2, 0) is 6.54 Å². The summed E-state index contributed by atoms with van der Waals surface area (Å²) in [6, 6.07) is 13.9. The summed E-state index contributed by atoms with van der Waals surface area (Å²) in [7, 11) is 1.62. The zero-order valence-electron chi connectivity index (χ0n) is 15.6. The van der Waals surface area contributed by atoms with Gasteiger partial charge in [-0.1, -0.05) is 19.9 Å². The van der Waals surface area contributed by atoms with Crippen molar-refractivity contribution in [3.8, 4) is 17.0 Å². The molecule has 1 aromatic heterocycles. The minimum Gasteiger partial charge on any atom is -0.497 e. The molecule has 0 bridgehead atoms. The summed E-state index contributed by atoms with van der Waals surface area (Å²) in [6.45, 7) is 6.12. The van der Waals surface area contributed by atoms with Crippen LogP contribution in [0.4, 0.5) is 4.39 Å². The van der Waals surface area contributed by atoms with E-state index in [-0.39, 0.29) is 12.4 Å². The molecule has 0 saturated heterocycles. The Morgan fingerprint density at radius 1 is 1.12 bits per heavy atom. The van der Waals surface area contributed by atoms with E-state index in [2.05, 4.69) is 5.10 Å². The topological polar surface area (TPSA) is 47.3 Å². The SMILES string of the molecule is CC.COc1ccc(-c2ccn(CC(O)c3cc(F)ccc3C)n2)cc1. The second kappa shape index (κ2) is 9.15. The summed E-state index contributed by atoms with van der Waals surface area (Å²) in [4.78, 5) is 0. The Hall–Kier alpha value is -2.66. The molecule has 0 saturated carbocycles. The molecule has 3 aromatic rings. The number of halogens is 1. The zero-order chi connectivity index (χ0) is 19.1. The fourth-order valence-corrected chi connectivity index (χ4v) is 2.62. The highest BCUT2D eigenvalue weighted by Gasteiger charge is 2.13. The lowest BCUT2D eigenvalue weighted by atomic mass is 10.0. The fourth-order valence-electron chi connectivity index (χ4n) is 2.62. The Morgan fingerprint density at radius 2 is 1.81 bits per heavy atom. The molecule has 1 atom stereocenters. The number of methoxy groups -OCH3 is 1. The molecular weight excluding hydrogens is 331 g/mol. The van der Waals surface area contributed by atoms with E-state index in [0.717, 1.165) is 22.6 Å². The van der Waals surface area contributed by atoms with Crippen LogP contribution in [0.1, 0.15) is 31.1 Å². The molecule has 0 radical (unpaired) electrons. The van der Waals surface area contributed by atoms with E-state index in [9.17, 15) is 9.50 Å². The van der Waals surface area contributed by atoms with Gasteiger partial charge in [-0.25, -0.2) is 4.39 Å². The molecule has 3 rings (SSSR count). The predicted octanol–water partition coefficient (Wildman–Crippen LogP) is 4.77. The Labute approximate surface area is 153 Å². The van der Waals surface area contributed by atoms with E-state index in [1.807, 2.05) is 51.1 Å². The zero-order valence-corrected chi connectivity index (χ0v) is 15.6. The van der Waals surface area contributed by atoms with Gasteiger partial charge in [0.25, 0.3) is 0 Å². The van der Waals surface area contributed by atoms with Crippen LogP contribution in [0, 0.1) is 12.7 Å². The number of aliphatic hydroxyl groups is 1. The van der Waals surface area contributed by atoms with E-state index in [4.69, 9.17) is 4.74 Å². The minimum atomic E-state index is -0.815. The Morgan fingerprint density at radius 3 is 2.46 bits per heavy atom. The fraction of sp³-hybridized carbons (Fsp3) is 0.286. The lowest BCUT2D eigenvalue weighted by Gasteiger charge is -2.14. The smallest absolute Gasteiger partial charge is 0.123 e. The third-order valence-corrected chi connectivity index (χ3v) is 3.99. The highest BCUT2D eigenvalue weighted by molar-refractivity contribution is 5.59. The van der Waals surface area contributed by atoms with Gasteiger partial charge in [0.05, 0.1) is 25.5 Å². The molecule has 26 heavy (non-hydrogen) atoms. The molecule has 1 N–H and O–H groups in total. The first-order valence-electron chi connectivity index (χ1n) is 8.69. The molecule has 0 fully saturated rings. The number of aryl methyl sites for hydroxylation is 1. The van der Waals surface area contributed by atoms with Gasteiger partial charge in [0.2, 0.25) is 0 Å². The van der Waals surface area contributed by atoms with Crippen molar-refractivity contribution >= 4 is 0 Å². The first-order chi connectivity index (χ1) is 12.6. The van der Waals surface area contributed by atoms with Crippen LogP contribution in [0.25, 0.3) is 11.3 Å². The number of aromatic nitrogens is 2. The molecule has 0 aliphatic carbocycles. The van der Waals surface area contributed by atoms with E-state index in [0.29, 0.717) is 5.56 Å². The third-order valence-electron chi connectivity index (χ3n) is 3.99. The summed E-state index contributed by atoms with van der Waals surface area (Å²) in [5.41, 5.74) is 3.20. The van der Waals surface area contributed by atoms with Gasteiger partial charge in [0, 0.05) is 11.8 Å². The van der Waals surface area contributed by atoms with E-state index in [1.165, 1.54) is 12.1 Å². The lowest BCUT2D eigenvalue weighted by molar-refractivity contribution is 0.150. The number of aliphatic hydroxyl groups excluding tert-OH is 1. The molecule has 0 aliphatic heterocycles. The summed E-state index contributed by atoms with van der Waals surface area (Å²) in [6.07, 6.45) is 0.988. The first kappa shape index (κ1) is 19.7. The van der Waals surface area contributed by atoms with Crippen LogP contribution < -0.4 is 4.74 Å². The predicted molar refractivity (Wildman–Crippen MR) is 102 cm³/mol. The normalized spacial score (nSPS) is 11.5. The molecule has 5 heteroatoms. The number of nitrogens with zero attached hydrogens (tertiary/aromatic N) is 2. The van der Waals surface area contributed by atoms with E-state index < -0.39 is 6.10 Å². The van der Waals surface area contributed by atoms with Crippen molar-refractivity contribution < 1.29 is 14.2 Å². The highest BCUT2D eigenvalue weighted by atomic mass is 19.1. The maximum atomic E-state index is 13.4. The molecule has 0 aliphatic rings. The summed E-state index contributed by atoms with van der Waals surface area (Å²) in [5.74, 6) is 0.434. The van der Waals surface area contributed by atoms with Crippen molar-refractivity contribution in [2.45, 2.75) is 33.4 Å². The van der Waals surface area contributed by atoms with Crippen molar-refractivity contribution in [3.05, 3.63) is 71.7 Å². The third kappa shape index (κ3) is 4.70. The van der Waals surface area contributed by atoms with Gasteiger partial charge in [-0.3, -0.25) is 4.68 Å². The van der Waals surface area contributed by atoms with Crippen LogP contribution in [0.2, 0.25) is 0 Å². The number of ether oxygens (including phenoxy) is 1. The minimum absolute atomic E-state index is 0.264. The van der Waals surface area contributed by atoms with Crippen LogP contribution in [0.3, 0.4) is 0 Å². The quantitative estimate of drug-likeness (QED) is 0.716. The van der Waals surface area contributed by atoms with Gasteiger partial charge in [-0.2, -0.15) is 5.10 Å². The number of hydrogen-bond acceptors (Lipinski definition) is 3. The monoisotopic (exact) mass is 356 g/mol. The van der Waals surface area contributed by atoms with Gasteiger partial charge in [-0.05, 0) is 60.5 Å². The van der Waals surface area contributed by atoms with Crippen molar-refractivity contribution in [2.75, 3.05) is 7.11 Å². The Balaban J connectivity index is 0.00000117. The molecule has 0 spiro atoms. The van der Waals surface area contributed by atoms with E-state index >= 15 is 0 Å². The van der Waals surface area contributed by atoms with Crippen LogP contribution in [0.15, 0.2) is 54.7 Å². The average molecular weight is 356 g/mol. The number of hydrogen-bond donors (Lipinski definition) is 1. The molecular formula is C21H25FN2O2. The maximum Gasteiger partial charge on any atom is 0.123 e. The Kier molecular flexibility index (Phi) is 6.92. The van der Waals surface area contributed by atoms with Gasteiger partial charge in [0.15, 0.2) is 0 Å². The lowest BCUT2D eigenvalue weighted by Crippen LogP contribution is -2.10. The number of benzene rings is 2. The van der Waals surface area contributed by atoms with Crippen LogP contribution in [-0.4, -0.2) is 22.0 Å². The summed E-state index contributed by atoms with van der Waals surface area (Å²) < 4.78 is 20.2. The van der Waals surface area contributed by atoms with Crippen molar-refractivity contribution in [1.82, 2.24) is 9.78 Å². The van der Waals surface area contributed by atoms with Gasteiger partial charge >= 0.3 is 0 Å². The molecule has 2 aromatic carbocycles. The van der Waals surface area contributed by atoms with Crippen LogP contribution >= 0.6 is 0 Å². The molecule has 138 valence electrons. The largest absolute Gasteiger partial charge is 0.497 e. The second-order valence-corrected chi connectivity index (χ2v) is 5.67. The van der Waals surface area contributed by atoms with Crippen molar-refractivity contribution in [1.29, 1.82) is 0 Å².